The normalized spacial score (nSPS) is 16.0. The third-order valence-corrected chi connectivity index (χ3v) is 4.95. The Labute approximate surface area is 183 Å². The van der Waals surface area contributed by atoms with Crippen molar-refractivity contribution in [2.45, 2.75) is 12.6 Å². The van der Waals surface area contributed by atoms with Crippen LogP contribution >= 0.6 is 11.6 Å². The lowest BCUT2D eigenvalue weighted by molar-refractivity contribution is -0.132. The van der Waals surface area contributed by atoms with Gasteiger partial charge >= 0.3 is 6.03 Å². The zero-order valence-corrected chi connectivity index (χ0v) is 17.3. The van der Waals surface area contributed by atoms with E-state index in [-0.39, 0.29) is 42.6 Å². The lowest BCUT2D eigenvalue weighted by Crippen LogP contribution is -2.64. The molecule has 4 amide bonds. The van der Waals surface area contributed by atoms with Crippen LogP contribution in [-0.2, 0) is 4.79 Å². The van der Waals surface area contributed by atoms with Gasteiger partial charge in [-0.1, -0.05) is 17.7 Å². The molecule has 2 aromatic rings. The van der Waals surface area contributed by atoms with Gasteiger partial charge in [-0.05, 0) is 36.8 Å². The average Bonchev–Trinajstić information content (AvgIpc) is 2.76. The molecule has 11 heteroatoms. The van der Waals surface area contributed by atoms with E-state index in [1.807, 2.05) is 0 Å². The van der Waals surface area contributed by atoms with Gasteiger partial charge in [-0.2, -0.15) is 0 Å². The summed E-state index contributed by atoms with van der Waals surface area (Å²) >= 11 is 6.07. The van der Waals surface area contributed by atoms with Crippen LogP contribution in [-0.4, -0.2) is 65.0 Å². The molecule has 1 aromatic heterocycles. The number of urea groups is 1. The first-order chi connectivity index (χ1) is 14.9. The van der Waals surface area contributed by atoms with E-state index in [0.29, 0.717) is 6.42 Å². The van der Waals surface area contributed by atoms with Crippen molar-refractivity contribution in [1.82, 2.24) is 20.1 Å². The Balaban J connectivity index is 1.89. The van der Waals surface area contributed by atoms with Gasteiger partial charge in [0.25, 0.3) is 11.8 Å². The molecular formula is C20H22ClFN6O3. The molecule has 164 valence electrons. The molecule has 1 fully saturated rings. The predicted molar refractivity (Wildman–Crippen MR) is 113 cm³/mol. The van der Waals surface area contributed by atoms with Crippen LogP contribution in [0.15, 0.2) is 42.6 Å². The SMILES string of the molecule is NCCNC(=O)C1N(C(=O)Nc2cccc(F)c2)CCCN1C(=O)c1cccnc1Cl. The van der Waals surface area contributed by atoms with Crippen LogP contribution in [0.3, 0.4) is 0 Å². The Kier molecular flexibility index (Phi) is 7.37. The molecule has 0 radical (unpaired) electrons. The number of carbonyl (C=O) groups is 3. The van der Waals surface area contributed by atoms with Gasteiger partial charge in [0.15, 0.2) is 6.17 Å². The first kappa shape index (κ1) is 22.4. The van der Waals surface area contributed by atoms with Gasteiger partial charge in [0.05, 0.1) is 5.56 Å². The second-order valence-corrected chi connectivity index (χ2v) is 7.14. The lowest BCUT2D eigenvalue weighted by Gasteiger charge is -2.42. The van der Waals surface area contributed by atoms with Gasteiger partial charge in [0.1, 0.15) is 11.0 Å². The topological polar surface area (TPSA) is 121 Å². The maximum Gasteiger partial charge on any atom is 0.323 e. The van der Waals surface area contributed by atoms with E-state index in [1.165, 1.54) is 40.3 Å². The largest absolute Gasteiger partial charge is 0.351 e. The summed E-state index contributed by atoms with van der Waals surface area (Å²) < 4.78 is 13.5. The van der Waals surface area contributed by atoms with Gasteiger partial charge in [-0.15, -0.1) is 0 Å². The third kappa shape index (κ3) is 5.28. The number of rotatable bonds is 5. The Morgan fingerprint density at radius 3 is 2.68 bits per heavy atom. The number of amides is 4. The van der Waals surface area contributed by atoms with Crippen molar-refractivity contribution in [2.75, 3.05) is 31.5 Å². The molecule has 2 heterocycles. The average molecular weight is 449 g/mol. The number of halogens is 2. The van der Waals surface area contributed by atoms with Crippen LogP contribution in [0.4, 0.5) is 14.9 Å². The van der Waals surface area contributed by atoms with E-state index in [0.717, 1.165) is 6.07 Å². The Bertz CT molecular complexity index is 975. The van der Waals surface area contributed by atoms with E-state index < -0.39 is 29.8 Å². The summed E-state index contributed by atoms with van der Waals surface area (Å²) in [5.41, 5.74) is 5.82. The zero-order valence-electron chi connectivity index (χ0n) is 16.6. The molecule has 4 N–H and O–H groups in total. The number of anilines is 1. The number of pyridine rings is 1. The second kappa shape index (κ2) is 10.2. The van der Waals surface area contributed by atoms with Crippen molar-refractivity contribution >= 4 is 35.1 Å². The van der Waals surface area contributed by atoms with Crippen molar-refractivity contribution < 1.29 is 18.8 Å². The Morgan fingerprint density at radius 2 is 1.97 bits per heavy atom. The Hall–Kier alpha value is -3.24. The second-order valence-electron chi connectivity index (χ2n) is 6.78. The minimum Gasteiger partial charge on any atom is -0.351 e. The molecule has 1 aromatic carbocycles. The number of carbonyl (C=O) groups excluding carboxylic acids is 3. The summed E-state index contributed by atoms with van der Waals surface area (Å²) in [6.07, 6.45) is 0.637. The van der Waals surface area contributed by atoms with Gasteiger partial charge in [0.2, 0.25) is 0 Å². The summed E-state index contributed by atoms with van der Waals surface area (Å²) in [6.45, 7) is 0.807. The van der Waals surface area contributed by atoms with Crippen LogP contribution in [0.25, 0.3) is 0 Å². The molecule has 0 bridgehead atoms. The number of hydrogen-bond acceptors (Lipinski definition) is 5. The highest BCUT2D eigenvalue weighted by atomic mass is 35.5. The standard InChI is InChI=1S/C20H22ClFN6O3/c21-16-15(6-2-8-24-16)19(30)27-10-3-11-28(18(27)17(29)25-9-7-23)20(31)26-14-5-1-4-13(22)12-14/h1-2,4-6,8,12,18H,3,7,9-11,23H2,(H,25,29)(H,26,31). The summed E-state index contributed by atoms with van der Waals surface area (Å²) in [4.78, 5) is 45.4. The highest BCUT2D eigenvalue weighted by molar-refractivity contribution is 6.32. The summed E-state index contributed by atoms with van der Waals surface area (Å²) in [6, 6.07) is 7.79. The molecule has 1 unspecified atom stereocenters. The van der Waals surface area contributed by atoms with Gasteiger partial charge < -0.3 is 21.3 Å². The van der Waals surface area contributed by atoms with Gasteiger partial charge in [0, 0.05) is 38.1 Å². The van der Waals surface area contributed by atoms with Crippen LogP contribution in [0, 0.1) is 5.82 Å². The van der Waals surface area contributed by atoms with E-state index in [4.69, 9.17) is 17.3 Å². The van der Waals surface area contributed by atoms with Crippen molar-refractivity contribution in [1.29, 1.82) is 0 Å². The van der Waals surface area contributed by atoms with E-state index >= 15 is 0 Å². The lowest BCUT2D eigenvalue weighted by atomic mass is 10.1. The first-order valence-corrected chi connectivity index (χ1v) is 10.0. The molecule has 1 atom stereocenters. The van der Waals surface area contributed by atoms with Crippen molar-refractivity contribution in [3.05, 3.63) is 59.1 Å². The first-order valence-electron chi connectivity index (χ1n) is 9.65. The van der Waals surface area contributed by atoms with Crippen LogP contribution in [0.5, 0.6) is 0 Å². The fourth-order valence-electron chi connectivity index (χ4n) is 3.28. The van der Waals surface area contributed by atoms with Crippen LogP contribution in [0.1, 0.15) is 16.8 Å². The van der Waals surface area contributed by atoms with Crippen LogP contribution < -0.4 is 16.4 Å². The molecule has 1 aliphatic heterocycles. The maximum atomic E-state index is 13.5. The summed E-state index contributed by atoms with van der Waals surface area (Å²) in [5.74, 6) is -1.61. The van der Waals surface area contributed by atoms with E-state index in [1.54, 1.807) is 6.07 Å². The monoisotopic (exact) mass is 448 g/mol. The van der Waals surface area contributed by atoms with Gasteiger partial charge in [-0.3, -0.25) is 14.5 Å². The smallest absolute Gasteiger partial charge is 0.323 e. The summed E-state index contributed by atoms with van der Waals surface area (Å²) in [7, 11) is 0. The molecule has 3 rings (SSSR count). The number of nitrogens with one attached hydrogen (secondary N) is 2. The molecule has 31 heavy (non-hydrogen) atoms. The molecule has 1 aliphatic rings. The van der Waals surface area contributed by atoms with Crippen molar-refractivity contribution in [3.8, 4) is 0 Å². The predicted octanol–water partition coefficient (Wildman–Crippen LogP) is 1.66. The zero-order chi connectivity index (χ0) is 22.4. The minimum atomic E-state index is -1.24. The fourth-order valence-corrected chi connectivity index (χ4v) is 3.48. The number of aromatic nitrogens is 1. The molecule has 0 aliphatic carbocycles. The molecular weight excluding hydrogens is 427 g/mol. The van der Waals surface area contributed by atoms with Crippen LogP contribution in [0.2, 0.25) is 5.15 Å². The van der Waals surface area contributed by atoms with Gasteiger partial charge in [-0.25, -0.2) is 14.2 Å². The van der Waals surface area contributed by atoms with Crippen molar-refractivity contribution in [3.63, 3.8) is 0 Å². The molecule has 0 saturated carbocycles. The highest BCUT2D eigenvalue weighted by Gasteiger charge is 2.41. The fraction of sp³-hybridized carbons (Fsp3) is 0.300. The third-order valence-electron chi connectivity index (χ3n) is 4.65. The van der Waals surface area contributed by atoms with E-state index in [2.05, 4.69) is 15.6 Å². The summed E-state index contributed by atoms with van der Waals surface area (Å²) in [5, 5.41) is 5.19. The molecule has 9 nitrogen and oxygen atoms in total. The molecule has 1 saturated heterocycles. The Morgan fingerprint density at radius 1 is 1.19 bits per heavy atom. The number of hydrogen-bond donors (Lipinski definition) is 3. The maximum absolute atomic E-state index is 13.5. The number of benzene rings is 1. The highest BCUT2D eigenvalue weighted by Crippen LogP contribution is 2.22. The minimum absolute atomic E-state index is 0.00467. The quantitative estimate of drug-likeness (QED) is 0.601. The van der Waals surface area contributed by atoms with E-state index in [9.17, 15) is 18.8 Å². The molecule has 0 spiro atoms. The van der Waals surface area contributed by atoms with Crippen molar-refractivity contribution in [2.24, 2.45) is 5.73 Å². The number of nitrogens with zero attached hydrogens (tertiary/aromatic N) is 3. The number of nitrogens with two attached hydrogens (primary N) is 1.